The standard InChI is InChI=1S/C22H22N2O5S/c1-15-8-9-17-18(12-15)29-14-23(19(17)25)10-5-11-28-20-21(26)30-22(27)24(20)13-16-6-3-2-4-7-16/h2-4,6-9,12,20H,5,10-11,13-14H2,1H3. The fourth-order valence-corrected chi connectivity index (χ4v) is 4.17. The van der Waals surface area contributed by atoms with Crippen LogP contribution in [-0.4, -0.2) is 52.2 Å². The average molecular weight is 426 g/mol. The maximum absolute atomic E-state index is 12.6. The highest BCUT2D eigenvalue weighted by molar-refractivity contribution is 8.26. The normalized spacial score (nSPS) is 18.6. The first-order valence-electron chi connectivity index (χ1n) is 9.73. The van der Waals surface area contributed by atoms with E-state index in [2.05, 4.69) is 0 Å². The van der Waals surface area contributed by atoms with Gasteiger partial charge >= 0.3 is 0 Å². The first-order chi connectivity index (χ1) is 14.5. The monoisotopic (exact) mass is 426 g/mol. The predicted octanol–water partition coefficient (Wildman–Crippen LogP) is 3.42. The number of hydrogen-bond acceptors (Lipinski definition) is 6. The van der Waals surface area contributed by atoms with Crippen LogP contribution in [0.1, 0.15) is 27.9 Å². The van der Waals surface area contributed by atoms with Gasteiger partial charge < -0.3 is 14.4 Å². The maximum Gasteiger partial charge on any atom is 0.292 e. The molecule has 0 bridgehead atoms. The quantitative estimate of drug-likeness (QED) is 0.632. The third-order valence-corrected chi connectivity index (χ3v) is 5.79. The fourth-order valence-electron chi connectivity index (χ4n) is 3.42. The molecule has 30 heavy (non-hydrogen) atoms. The Morgan fingerprint density at radius 2 is 1.93 bits per heavy atom. The first kappa shape index (κ1) is 20.4. The number of hydrogen-bond donors (Lipinski definition) is 0. The van der Waals surface area contributed by atoms with E-state index in [1.165, 1.54) is 4.90 Å². The Bertz CT molecular complexity index is 965. The maximum atomic E-state index is 12.6. The lowest BCUT2D eigenvalue weighted by atomic mass is 10.1. The Morgan fingerprint density at radius 1 is 1.13 bits per heavy atom. The zero-order chi connectivity index (χ0) is 21.1. The molecule has 2 heterocycles. The highest BCUT2D eigenvalue weighted by Gasteiger charge is 2.40. The Kier molecular flexibility index (Phi) is 6.06. The van der Waals surface area contributed by atoms with Gasteiger partial charge in [-0.3, -0.25) is 19.3 Å². The van der Waals surface area contributed by atoms with Gasteiger partial charge in [0.05, 0.1) is 12.2 Å². The molecule has 0 spiro atoms. The topological polar surface area (TPSA) is 76.2 Å². The lowest BCUT2D eigenvalue weighted by Gasteiger charge is -2.29. The Balaban J connectivity index is 1.30. The molecule has 0 radical (unpaired) electrons. The molecule has 2 aromatic carbocycles. The second-order valence-electron chi connectivity index (χ2n) is 7.22. The molecule has 1 saturated heterocycles. The summed E-state index contributed by atoms with van der Waals surface area (Å²) in [4.78, 5) is 40.0. The van der Waals surface area contributed by atoms with E-state index >= 15 is 0 Å². The zero-order valence-electron chi connectivity index (χ0n) is 16.6. The minimum atomic E-state index is -0.903. The fraction of sp³-hybridized carbons (Fsp3) is 0.318. The van der Waals surface area contributed by atoms with Crippen molar-refractivity contribution in [1.82, 2.24) is 9.80 Å². The van der Waals surface area contributed by atoms with Crippen LogP contribution in [0, 0.1) is 6.92 Å². The van der Waals surface area contributed by atoms with Crippen molar-refractivity contribution in [3.05, 3.63) is 65.2 Å². The zero-order valence-corrected chi connectivity index (χ0v) is 17.4. The molecule has 2 aromatic rings. The molecular formula is C22H22N2O5S. The number of ether oxygens (including phenoxy) is 2. The van der Waals surface area contributed by atoms with Crippen molar-refractivity contribution in [2.24, 2.45) is 0 Å². The molecular weight excluding hydrogens is 404 g/mol. The summed E-state index contributed by atoms with van der Waals surface area (Å²) < 4.78 is 11.4. The third-order valence-electron chi connectivity index (χ3n) is 4.98. The van der Waals surface area contributed by atoms with Crippen molar-refractivity contribution >= 4 is 28.0 Å². The molecule has 2 aliphatic rings. The number of nitrogens with zero attached hydrogens (tertiary/aromatic N) is 2. The minimum Gasteiger partial charge on any atom is -0.472 e. The van der Waals surface area contributed by atoms with Gasteiger partial charge in [0.2, 0.25) is 11.3 Å². The Morgan fingerprint density at radius 3 is 2.73 bits per heavy atom. The third kappa shape index (κ3) is 4.34. The number of fused-ring (bicyclic) bond motifs is 1. The molecule has 2 aliphatic heterocycles. The number of benzene rings is 2. The number of aryl methyl sites for hydroxylation is 1. The van der Waals surface area contributed by atoms with Gasteiger partial charge in [0.1, 0.15) is 5.75 Å². The summed E-state index contributed by atoms with van der Waals surface area (Å²) in [5, 5.41) is -0.613. The number of rotatable bonds is 7. The van der Waals surface area contributed by atoms with Gasteiger partial charge in [0, 0.05) is 24.9 Å². The van der Waals surface area contributed by atoms with E-state index in [1.54, 1.807) is 11.0 Å². The van der Waals surface area contributed by atoms with E-state index < -0.39 is 6.23 Å². The summed E-state index contributed by atoms with van der Waals surface area (Å²) in [7, 11) is 0. The van der Waals surface area contributed by atoms with Gasteiger partial charge in [-0.15, -0.1) is 0 Å². The summed E-state index contributed by atoms with van der Waals surface area (Å²) in [5.74, 6) is 0.528. The van der Waals surface area contributed by atoms with Crippen molar-refractivity contribution in [3.63, 3.8) is 0 Å². The summed E-state index contributed by atoms with van der Waals surface area (Å²) in [6.45, 7) is 3.14. The van der Waals surface area contributed by atoms with Crippen molar-refractivity contribution < 1.29 is 23.9 Å². The van der Waals surface area contributed by atoms with Gasteiger partial charge in [0.15, 0.2) is 6.73 Å². The molecule has 1 atom stereocenters. The number of carbonyl (C=O) groups is 3. The average Bonchev–Trinajstić information content (AvgIpc) is 3.00. The van der Waals surface area contributed by atoms with E-state index in [1.807, 2.05) is 49.4 Å². The SMILES string of the molecule is Cc1ccc2c(c1)OCN(CCCOC1C(=O)SC(=O)N1Cc1ccccc1)C2=O. The van der Waals surface area contributed by atoms with E-state index in [9.17, 15) is 14.4 Å². The first-order valence-corrected chi connectivity index (χ1v) is 10.5. The van der Waals surface area contributed by atoms with Crippen LogP contribution >= 0.6 is 11.8 Å². The molecule has 2 amide bonds. The Hall–Kier alpha value is -2.84. The molecule has 0 aromatic heterocycles. The van der Waals surface area contributed by atoms with Crippen molar-refractivity contribution in [2.45, 2.75) is 26.1 Å². The molecule has 0 aliphatic carbocycles. The van der Waals surface area contributed by atoms with Gasteiger partial charge in [-0.1, -0.05) is 36.4 Å². The highest BCUT2D eigenvalue weighted by Crippen LogP contribution is 2.29. The van der Waals surface area contributed by atoms with Crippen LogP contribution in [0.15, 0.2) is 48.5 Å². The molecule has 0 N–H and O–H groups in total. The van der Waals surface area contributed by atoms with Gasteiger partial charge in [-0.05, 0) is 36.6 Å². The van der Waals surface area contributed by atoms with Crippen molar-refractivity contribution in [1.29, 1.82) is 0 Å². The summed E-state index contributed by atoms with van der Waals surface area (Å²) in [6.07, 6.45) is -0.377. The van der Waals surface area contributed by atoms with Crippen LogP contribution in [0.3, 0.4) is 0 Å². The van der Waals surface area contributed by atoms with Crippen LogP contribution in [0.2, 0.25) is 0 Å². The van der Waals surface area contributed by atoms with E-state index in [-0.39, 0.29) is 29.6 Å². The highest BCUT2D eigenvalue weighted by atomic mass is 32.2. The lowest BCUT2D eigenvalue weighted by Crippen LogP contribution is -2.40. The van der Waals surface area contributed by atoms with E-state index in [0.29, 0.717) is 42.6 Å². The summed E-state index contributed by atoms with van der Waals surface area (Å²) in [5.41, 5.74) is 2.52. The largest absolute Gasteiger partial charge is 0.472 e. The molecule has 0 saturated carbocycles. The van der Waals surface area contributed by atoms with Crippen LogP contribution < -0.4 is 4.74 Å². The number of carbonyl (C=O) groups excluding carboxylic acids is 3. The van der Waals surface area contributed by atoms with Gasteiger partial charge in [0.25, 0.3) is 11.1 Å². The smallest absolute Gasteiger partial charge is 0.292 e. The van der Waals surface area contributed by atoms with Gasteiger partial charge in [-0.2, -0.15) is 0 Å². The Labute approximate surface area is 178 Å². The molecule has 1 unspecified atom stereocenters. The number of amides is 2. The summed E-state index contributed by atoms with van der Waals surface area (Å²) in [6, 6.07) is 15.0. The van der Waals surface area contributed by atoms with Crippen LogP contribution in [-0.2, 0) is 16.1 Å². The van der Waals surface area contributed by atoms with Crippen molar-refractivity contribution in [2.75, 3.05) is 19.9 Å². The minimum absolute atomic E-state index is 0.0790. The second-order valence-corrected chi connectivity index (χ2v) is 8.17. The molecule has 4 rings (SSSR count). The van der Waals surface area contributed by atoms with Crippen molar-refractivity contribution in [3.8, 4) is 5.75 Å². The van der Waals surface area contributed by atoms with E-state index in [0.717, 1.165) is 11.1 Å². The molecule has 8 heteroatoms. The molecule has 7 nitrogen and oxygen atoms in total. The van der Waals surface area contributed by atoms with Gasteiger partial charge in [-0.25, -0.2) is 0 Å². The lowest BCUT2D eigenvalue weighted by molar-refractivity contribution is -0.129. The number of thioether (sulfide) groups is 1. The second kappa shape index (κ2) is 8.89. The molecule has 1 fully saturated rings. The van der Waals surface area contributed by atoms with Crippen LogP contribution in [0.25, 0.3) is 0 Å². The van der Waals surface area contributed by atoms with Crippen LogP contribution in [0.5, 0.6) is 5.75 Å². The van der Waals surface area contributed by atoms with Crippen LogP contribution in [0.4, 0.5) is 4.79 Å². The van der Waals surface area contributed by atoms with E-state index in [4.69, 9.17) is 9.47 Å². The summed E-state index contributed by atoms with van der Waals surface area (Å²) >= 11 is 0.674. The predicted molar refractivity (Wildman–Crippen MR) is 112 cm³/mol. The molecule has 156 valence electrons.